The number of aromatic nitrogens is 1. The van der Waals surface area contributed by atoms with Crippen LogP contribution in [0.4, 0.5) is 0 Å². The minimum Gasteiger partial charge on any atom is -0.497 e. The number of nitrogens with one attached hydrogen (secondary N) is 2. The summed E-state index contributed by atoms with van der Waals surface area (Å²) in [5.74, 6) is 0.801. The number of ether oxygens (including phenoxy) is 1. The summed E-state index contributed by atoms with van der Waals surface area (Å²) in [7, 11) is 1.65. The average molecular weight is 472 g/mol. The molecular weight excluding hydrogens is 442 g/mol. The molecule has 3 aromatic carbocycles. The van der Waals surface area contributed by atoms with E-state index in [1.54, 1.807) is 7.11 Å². The molecule has 0 aliphatic rings. The maximum atomic E-state index is 12.9. The molecule has 0 bridgehead atoms. The predicted octanol–water partition coefficient (Wildman–Crippen LogP) is 5.48. The fourth-order valence-electron chi connectivity index (χ4n) is 3.95. The number of hydrogen-bond donors (Lipinski definition) is 2. The number of nitrogens with zero attached hydrogens (tertiary/aromatic N) is 1. The number of hydrogen-bond acceptors (Lipinski definition) is 3. The first kappa shape index (κ1) is 23.5. The Morgan fingerprint density at radius 2 is 1.76 bits per heavy atom. The molecular formula is C28H29N3O2S. The summed E-state index contributed by atoms with van der Waals surface area (Å²) < 4.78 is 5.29. The van der Waals surface area contributed by atoms with E-state index in [4.69, 9.17) is 17.0 Å². The van der Waals surface area contributed by atoms with Gasteiger partial charge in [-0.1, -0.05) is 54.1 Å². The fraction of sp³-hybridized carbons (Fsp3) is 0.214. The molecule has 0 saturated carbocycles. The molecule has 4 aromatic rings. The lowest BCUT2D eigenvalue weighted by Crippen LogP contribution is -2.41. The average Bonchev–Trinajstić information content (AvgIpc) is 2.85. The molecule has 1 atom stereocenters. The van der Waals surface area contributed by atoms with Crippen molar-refractivity contribution in [2.45, 2.75) is 33.0 Å². The standard InChI is InChI=1S/C28H29N3O2S/c1-19-9-14-26-23(15-19)16-24(27(32)30-26)18-31(17-21-10-12-25(33-3)13-11-21)28(34)29-20(2)22-7-5-4-6-8-22/h4-16,20H,17-18H2,1-3H3,(H,29,34)(H,30,32). The Morgan fingerprint density at radius 3 is 2.47 bits per heavy atom. The van der Waals surface area contributed by atoms with Gasteiger partial charge in [0.25, 0.3) is 5.56 Å². The summed E-state index contributed by atoms with van der Waals surface area (Å²) in [6.07, 6.45) is 0. The maximum Gasteiger partial charge on any atom is 0.253 e. The molecule has 1 aromatic heterocycles. The van der Waals surface area contributed by atoms with Crippen LogP contribution in [0.3, 0.4) is 0 Å². The van der Waals surface area contributed by atoms with Gasteiger partial charge in [-0.2, -0.15) is 0 Å². The van der Waals surface area contributed by atoms with Crippen molar-refractivity contribution in [2.24, 2.45) is 0 Å². The largest absolute Gasteiger partial charge is 0.497 e. The van der Waals surface area contributed by atoms with Crippen LogP contribution >= 0.6 is 12.2 Å². The third-order valence-corrected chi connectivity index (χ3v) is 6.27. The van der Waals surface area contributed by atoms with E-state index in [0.29, 0.717) is 23.8 Å². The van der Waals surface area contributed by atoms with Crippen LogP contribution in [0.2, 0.25) is 0 Å². The predicted molar refractivity (Wildman–Crippen MR) is 142 cm³/mol. The van der Waals surface area contributed by atoms with E-state index in [-0.39, 0.29) is 11.6 Å². The zero-order chi connectivity index (χ0) is 24.1. The fourth-order valence-corrected chi connectivity index (χ4v) is 4.25. The zero-order valence-corrected chi connectivity index (χ0v) is 20.5. The van der Waals surface area contributed by atoms with Crippen molar-refractivity contribution in [2.75, 3.05) is 7.11 Å². The van der Waals surface area contributed by atoms with E-state index < -0.39 is 0 Å². The molecule has 0 spiro atoms. The van der Waals surface area contributed by atoms with E-state index in [1.807, 2.05) is 72.5 Å². The van der Waals surface area contributed by atoms with E-state index >= 15 is 0 Å². The Hall–Kier alpha value is -3.64. The molecule has 2 N–H and O–H groups in total. The summed E-state index contributed by atoms with van der Waals surface area (Å²) in [4.78, 5) is 17.9. The van der Waals surface area contributed by atoms with Gasteiger partial charge in [-0.25, -0.2) is 0 Å². The minimum absolute atomic E-state index is 0.0320. The van der Waals surface area contributed by atoms with Gasteiger partial charge in [0.1, 0.15) is 5.75 Å². The van der Waals surface area contributed by atoms with Crippen LogP contribution in [0.15, 0.2) is 83.7 Å². The van der Waals surface area contributed by atoms with Crippen molar-refractivity contribution in [1.82, 2.24) is 15.2 Å². The summed E-state index contributed by atoms with van der Waals surface area (Å²) >= 11 is 5.84. The Balaban J connectivity index is 1.62. The first-order valence-electron chi connectivity index (χ1n) is 11.3. The number of benzene rings is 3. The number of rotatable bonds is 7. The maximum absolute atomic E-state index is 12.9. The molecule has 0 saturated heterocycles. The second-order valence-corrected chi connectivity index (χ2v) is 8.89. The lowest BCUT2D eigenvalue weighted by Gasteiger charge is -2.28. The molecule has 0 aliphatic heterocycles. The van der Waals surface area contributed by atoms with E-state index in [2.05, 4.69) is 35.4 Å². The number of aryl methyl sites for hydroxylation is 1. The highest BCUT2D eigenvalue weighted by atomic mass is 32.1. The van der Waals surface area contributed by atoms with E-state index in [0.717, 1.165) is 33.3 Å². The molecule has 1 unspecified atom stereocenters. The molecule has 174 valence electrons. The number of methoxy groups -OCH3 is 1. The molecule has 0 aliphatic carbocycles. The van der Waals surface area contributed by atoms with E-state index in [9.17, 15) is 4.79 Å². The zero-order valence-electron chi connectivity index (χ0n) is 19.7. The monoisotopic (exact) mass is 471 g/mol. The normalized spacial score (nSPS) is 11.7. The van der Waals surface area contributed by atoms with Gasteiger partial charge in [-0.05, 0) is 72.9 Å². The van der Waals surface area contributed by atoms with Crippen molar-refractivity contribution in [1.29, 1.82) is 0 Å². The van der Waals surface area contributed by atoms with Crippen LogP contribution in [0, 0.1) is 6.92 Å². The lowest BCUT2D eigenvalue weighted by atomic mass is 10.1. The van der Waals surface area contributed by atoms with Crippen LogP contribution in [0.5, 0.6) is 5.75 Å². The van der Waals surface area contributed by atoms with Crippen molar-refractivity contribution in [3.63, 3.8) is 0 Å². The van der Waals surface area contributed by atoms with Crippen molar-refractivity contribution in [3.05, 3.63) is 111 Å². The highest BCUT2D eigenvalue weighted by molar-refractivity contribution is 7.80. The molecule has 34 heavy (non-hydrogen) atoms. The number of H-pyrrole nitrogens is 1. The van der Waals surface area contributed by atoms with Gasteiger partial charge < -0.3 is 19.9 Å². The highest BCUT2D eigenvalue weighted by Crippen LogP contribution is 2.18. The minimum atomic E-state index is -0.102. The highest BCUT2D eigenvalue weighted by Gasteiger charge is 2.17. The third kappa shape index (κ3) is 5.64. The van der Waals surface area contributed by atoms with Crippen molar-refractivity contribution < 1.29 is 4.74 Å². The van der Waals surface area contributed by atoms with Gasteiger partial charge >= 0.3 is 0 Å². The second-order valence-electron chi connectivity index (χ2n) is 8.50. The Morgan fingerprint density at radius 1 is 1.03 bits per heavy atom. The van der Waals surface area contributed by atoms with Crippen molar-refractivity contribution >= 4 is 28.2 Å². The van der Waals surface area contributed by atoms with Crippen LogP contribution in [-0.4, -0.2) is 22.1 Å². The Labute approximate surface area is 205 Å². The number of thiocarbonyl (C=S) groups is 1. The summed E-state index contributed by atoms with van der Waals surface area (Å²) in [5, 5.41) is 5.05. The van der Waals surface area contributed by atoms with Crippen LogP contribution in [0.25, 0.3) is 10.9 Å². The summed E-state index contributed by atoms with van der Waals surface area (Å²) in [6, 6.07) is 26.1. The molecule has 0 radical (unpaired) electrons. The van der Waals surface area contributed by atoms with Gasteiger partial charge in [-0.15, -0.1) is 0 Å². The van der Waals surface area contributed by atoms with Gasteiger partial charge in [0.15, 0.2) is 5.11 Å². The van der Waals surface area contributed by atoms with Crippen LogP contribution in [-0.2, 0) is 13.1 Å². The molecule has 1 heterocycles. The molecule has 0 fully saturated rings. The lowest BCUT2D eigenvalue weighted by molar-refractivity contribution is 0.390. The van der Waals surface area contributed by atoms with Crippen LogP contribution < -0.4 is 15.6 Å². The summed E-state index contributed by atoms with van der Waals surface area (Å²) in [5.41, 5.74) is 4.77. The smallest absolute Gasteiger partial charge is 0.253 e. The quantitative estimate of drug-likeness (QED) is 0.350. The summed E-state index contributed by atoms with van der Waals surface area (Å²) in [6.45, 7) is 5.07. The molecule has 4 rings (SSSR count). The first-order valence-corrected chi connectivity index (χ1v) is 11.7. The number of aromatic amines is 1. The first-order chi connectivity index (χ1) is 16.4. The SMILES string of the molecule is COc1ccc(CN(Cc2cc3cc(C)ccc3[nH]c2=O)C(=S)NC(C)c2ccccc2)cc1. The Bertz CT molecular complexity index is 1330. The second kappa shape index (κ2) is 10.5. The topological polar surface area (TPSA) is 57.4 Å². The molecule has 0 amide bonds. The van der Waals surface area contributed by atoms with Gasteiger partial charge in [0.05, 0.1) is 19.7 Å². The molecule has 6 heteroatoms. The van der Waals surface area contributed by atoms with Gasteiger partial charge in [0.2, 0.25) is 0 Å². The number of fused-ring (bicyclic) bond motifs is 1. The van der Waals surface area contributed by atoms with Crippen LogP contribution in [0.1, 0.15) is 35.2 Å². The van der Waals surface area contributed by atoms with Gasteiger partial charge in [0, 0.05) is 17.6 Å². The van der Waals surface area contributed by atoms with E-state index in [1.165, 1.54) is 0 Å². The van der Waals surface area contributed by atoms with Gasteiger partial charge in [-0.3, -0.25) is 4.79 Å². The van der Waals surface area contributed by atoms with Crippen molar-refractivity contribution in [3.8, 4) is 5.75 Å². The third-order valence-electron chi connectivity index (χ3n) is 5.90. The molecule has 5 nitrogen and oxygen atoms in total. The Kier molecular flexibility index (Phi) is 7.28. The number of pyridine rings is 1.